The summed E-state index contributed by atoms with van der Waals surface area (Å²) in [5, 5.41) is 2.90. The van der Waals surface area contributed by atoms with Crippen molar-refractivity contribution in [3.63, 3.8) is 0 Å². The van der Waals surface area contributed by atoms with E-state index in [1.165, 1.54) is 6.26 Å². The summed E-state index contributed by atoms with van der Waals surface area (Å²) >= 11 is 0. The van der Waals surface area contributed by atoms with Crippen LogP contribution in [-0.2, 0) is 17.8 Å². The lowest BCUT2D eigenvalue weighted by Crippen LogP contribution is -2.50. The van der Waals surface area contributed by atoms with Crippen molar-refractivity contribution in [1.29, 1.82) is 0 Å². The Morgan fingerprint density at radius 3 is 2.54 bits per heavy atom. The molecule has 1 atom stereocenters. The molecule has 1 N–H and O–H groups in total. The number of fused-ring (bicyclic) bond motifs is 1. The molecular formula is C22H20N2O4. The summed E-state index contributed by atoms with van der Waals surface area (Å²) in [5.74, 6) is 0.212. The minimum atomic E-state index is -0.655. The first-order valence-corrected chi connectivity index (χ1v) is 9.02. The van der Waals surface area contributed by atoms with Gasteiger partial charge in [-0.15, -0.1) is 0 Å². The lowest BCUT2D eigenvalue weighted by molar-refractivity contribution is -0.121. The van der Waals surface area contributed by atoms with Crippen molar-refractivity contribution in [2.45, 2.75) is 19.0 Å². The molecule has 0 unspecified atom stereocenters. The number of hydrogen-bond acceptors (Lipinski definition) is 4. The first-order valence-electron chi connectivity index (χ1n) is 9.02. The van der Waals surface area contributed by atoms with Gasteiger partial charge in [0.25, 0.3) is 5.91 Å². The van der Waals surface area contributed by atoms with Gasteiger partial charge >= 0.3 is 0 Å². The second-order valence-corrected chi connectivity index (χ2v) is 6.59. The van der Waals surface area contributed by atoms with E-state index < -0.39 is 6.04 Å². The molecule has 0 bridgehead atoms. The lowest BCUT2D eigenvalue weighted by atomic mass is 9.93. The van der Waals surface area contributed by atoms with Gasteiger partial charge in [-0.3, -0.25) is 9.59 Å². The van der Waals surface area contributed by atoms with Crippen LogP contribution >= 0.6 is 0 Å². The second-order valence-electron chi connectivity index (χ2n) is 6.59. The highest BCUT2D eigenvalue weighted by atomic mass is 16.5. The highest BCUT2D eigenvalue weighted by molar-refractivity contribution is 6.01. The average molecular weight is 376 g/mol. The normalized spacial score (nSPS) is 15.6. The SMILES string of the molecule is COc1ccccc1NC(=O)[C@H]1Cc2ccccc2CN1C(=O)c1ccco1. The summed E-state index contributed by atoms with van der Waals surface area (Å²) in [6.07, 6.45) is 1.89. The molecule has 0 saturated heterocycles. The summed E-state index contributed by atoms with van der Waals surface area (Å²) in [5.41, 5.74) is 2.66. The molecule has 28 heavy (non-hydrogen) atoms. The predicted octanol–water partition coefficient (Wildman–Crippen LogP) is 3.49. The number of benzene rings is 2. The zero-order valence-corrected chi connectivity index (χ0v) is 15.4. The van der Waals surface area contributed by atoms with Gasteiger partial charge in [0.15, 0.2) is 5.76 Å². The number of nitrogens with zero attached hydrogens (tertiary/aromatic N) is 1. The maximum absolute atomic E-state index is 13.1. The van der Waals surface area contributed by atoms with Crippen LogP contribution in [0.25, 0.3) is 0 Å². The zero-order chi connectivity index (χ0) is 19.5. The molecule has 0 aliphatic carbocycles. The van der Waals surface area contributed by atoms with Crippen LogP contribution in [0.15, 0.2) is 71.3 Å². The van der Waals surface area contributed by atoms with Gasteiger partial charge in [0, 0.05) is 13.0 Å². The minimum absolute atomic E-state index is 0.217. The molecule has 6 heteroatoms. The van der Waals surface area contributed by atoms with Gasteiger partial charge in [0.05, 0.1) is 19.1 Å². The van der Waals surface area contributed by atoms with Crippen LogP contribution in [0.5, 0.6) is 5.75 Å². The number of carbonyl (C=O) groups is 2. The Kier molecular flexibility index (Phi) is 4.85. The number of furan rings is 1. The smallest absolute Gasteiger partial charge is 0.290 e. The van der Waals surface area contributed by atoms with E-state index in [1.807, 2.05) is 36.4 Å². The Bertz CT molecular complexity index is 997. The van der Waals surface area contributed by atoms with Crippen LogP contribution in [0, 0.1) is 0 Å². The number of hydrogen-bond donors (Lipinski definition) is 1. The third kappa shape index (κ3) is 3.36. The van der Waals surface area contributed by atoms with E-state index in [1.54, 1.807) is 36.3 Å². The Morgan fingerprint density at radius 1 is 1.04 bits per heavy atom. The number of rotatable bonds is 4. The Labute approximate surface area is 162 Å². The zero-order valence-electron chi connectivity index (χ0n) is 15.4. The van der Waals surface area contributed by atoms with Gasteiger partial charge < -0.3 is 19.4 Å². The van der Waals surface area contributed by atoms with Gasteiger partial charge in [-0.05, 0) is 35.4 Å². The quantitative estimate of drug-likeness (QED) is 0.757. The Balaban J connectivity index is 1.65. The topological polar surface area (TPSA) is 71.8 Å². The van der Waals surface area contributed by atoms with Crippen molar-refractivity contribution < 1.29 is 18.7 Å². The van der Waals surface area contributed by atoms with E-state index in [0.29, 0.717) is 24.4 Å². The largest absolute Gasteiger partial charge is 0.495 e. The maximum Gasteiger partial charge on any atom is 0.290 e. The number of anilines is 1. The molecule has 0 spiro atoms. The van der Waals surface area contributed by atoms with E-state index >= 15 is 0 Å². The Hall–Kier alpha value is -3.54. The first kappa shape index (κ1) is 17.9. The fraction of sp³-hybridized carbons (Fsp3) is 0.182. The van der Waals surface area contributed by atoms with Crippen molar-refractivity contribution in [3.8, 4) is 5.75 Å². The molecule has 0 fully saturated rings. The molecule has 3 aromatic rings. The van der Waals surface area contributed by atoms with Crippen LogP contribution in [0.3, 0.4) is 0 Å². The summed E-state index contributed by atoms with van der Waals surface area (Å²) in [4.78, 5) is 27.7. The molecule has 4 rings (SSSR count). The minimum Gasteiger partial charge on any atom is -0.495 e. The average Bonchev–Trinajstić information content (AvgIpc) is 3.27. The predicted molar refractivity (Wildman–Crippen MR) is 104 cm³/mol. The van der Waals surface area contributed by atoms with Crippen molar-refractivity contribution >= 4 is 17.5 Å². The first-order chi connectivity index (χ1) is 13.7. The standard InChI is InChI=1S/C22H20N2O4/c1-27-19-10-5-4-9-17(19)23-21(25)18-13-15-7-2-3-8-16(15)14-24(18)22(26)20-11-6-12-28-20/h2-12,18H,13-14H2,1H3,(H,23,25)/t18-/m1/s1. The molecule has 1 aliphatic heterocycles. The van der Waals surface area contributed by atoms with E-state index in [9.17, 15) is 9.59 Å². The van der Waals surface area contributed by atoms with Crippen molar-refractivity contribution in [3.05, 3.63) is 83.8 Å². The maximum atomic E-state index is 13.1. The molecule has 6 nitrogen and oxygen atoms in total. The van der Waals surface area contributed by atoms with Crippen LogP contribution in [0.2, 0.25) is 0 Å². The Morgan fingerprint density at radius 2 is 1.79 bits per heavy atom. The second kappa shape index (κ2) is 7.60. The molecule has 2 heterocycles. The molecule has 2 amide bonds. The van der Waals surface area contributed by atoms with Gasteiger partial charge in [0.2, 0.25) is 5.91 Å². The van der Waals surface area contributed by atoms with E-state index in [-0.39, 0.29) is 17.6 Å². The molecule has 1 aromatic heterocycles. The fourth-order valence-electron chi connectivity index (χ4n) is 3.48. The number of methoxy groups -OCH3 is 1. The fourth-order valence-corrected chi connectivity index (χ4v) is 3.48. The number of ether oxygens (including phenoxy) is 1. The summed E-state index contributed by atoms with van der Waals surface area (Å²) in [6, 6.07) is 17.7. The van der Waals surface area contributed by atoms with Crippen LogP contribution in [0.1, 0.15) is 21.7 Å². The number of amides is 2. The molecular weight excluding hydrogens is 356 g/mol. The molecule has 0 saturated carbocycles. The van der Waals surface area contributed by atoms with Crippen molar-refractivity contribution in [1.82, 2.24) is 4.90 Å². The number of nitrogens with one attached hydrogen (secondary N) is 1. The monoisotopic (exact) mass is 376 g/mol. The van der Waals surface area contributed by atoms with Crippen LogP contribution < -0.4 is 10.1 Å². The van der Waals surface area contributed by atoms with Crippen molar-refractivity contribution in [2.24, 2.45) is 0 Å². The summed E-state index contributed by atoms with van der Waals surface area (Å²) in [7, 11) is 1.55. The number of para-hydroxylation sites is 2. The third-order valence-corrected chi connectivity index (χ3v) is 4.91. The number of carbonyl (C=O) groups excluding carboxylic acids is 2. The molecule has 142 valence electrons. The molecule has 0 radical (unpaired) electrons. The van der Waals surface area contributed by atoms with Gasteiger partial charge in [-0.25, -0.2) is 0 Å². The molecule has 1 aliphatic rings. The van der Waals surface area contributed by atoms with E-state index in [4.69, 9.17) is 9.15 Å². The van der Waals surface area contributed by atoms with Crippen molar-refractivity contribution in [2.75, 3.05) is 12.4 Å². The lowest BCUT2D eigenvalue weighted by Gasteiger charge is -2.35. The van der Waals surface area contributed by atoms with E-state index in [0.717, 1.165) is 11.1 Å². The summed E-state index contributed by atoms with van der Waals surface area (Å²) < 4.78 is 10.6. The van der Waals surface area contributed by atoms with Crippen LogP contribution in [0.4, 0.5) is 5.69 Å². The van der Waals surface area contributed by atoms with Crippen LogP contribution in [-0.4, -0.2) is 29.9 Å². The molecule has 2 aromatic carbocycles. The van der Waals surface area contributed by atoms with E-state index in [2.05, 4.69) is 5.32 Å². The highest BCUT2D eigenvalue weighted by Crippen LogP contribution is 2.28. The van der Waals surface area contributed by atoms with Gasteiger partial charge in [0.1, 0.15) is 11.8 Å². The highest BCUT2D eigenvalue weighted by Gasteiger charge is 2.36. The summed E-state index contributed by atoms with van der Waals surface area (Å²) in [6.45, 7) is 0.347. The van der Waals surface area contributed by atoms with Gasteiger partial charge in [-0.1, -0.05) is 36.4 Å². The van der Waals surface area contributed by atoms with Gasteiger partial charge in [-0.2, -0.15) is 0 Å². The third-order valence-electron chi connectivity index (χ3n) is 4.91.